The lowest BCUT2D eigenvalue weighted by atomic mass is 10.2. The Morgan fingerprint density at radius 1 is 1.39 bits per heavy atom. The van der Waals surface area contributed by atoms with E-state index >= 15 is 0 Å². The molecular weight excluding hydrogens is 357 g/mol. The van der Waals surface area contributed by atoms with Crippen LogP contribution in [0.25, 0.3) is 0 Å². The van der Waals surface area contributed by atoms with Gasteiger partial charge in [-0.15, -0.1) is 10.2 Å². The van der Waals surface area contributed by atoms with Crippen molar-refractivity contribution in [2.75, 3.05) is 16.9 Å². The van der Waals surface area contributed by atoms with Crippen molar-refractivity contribution in [3.8, 4) is 0 Å². The first-order valence-corrected chi connectivity index (χ1v) is 8.83. The van der Waals surface area contributed by atoms with Crippen LogP contribution >= 0.6 is 35.0 Å². The summed E-state index contributed by atoms with van der Waals surface area (Å²) in [5.74, 6) is 6.56. The fraction of sp³-hybridized carbons (Fsp3) is 0.357. The van der Waals surface area contributed by atoms with Crippen molar-refractivity contribution >= 4 is 46.6 Å². The van der Waals surface area contributed by atoms with Gasteiger partial charge in [0.2, 0.25) is 11.1 Å². The Balaban J connectivity index is 1.92. The second-order valence-corrected chi connectivity index (χ2v) is 6.54. The van der Waals surface area contributed by atoms with E-state index < -0.39 is 0 Å². The van der Waals surface area contributed by atoms with Crippen molar-refractivity contribution in [1.82, 2.24) is 14.9 Å². The minimum Gasteiger partial charge on any atom is -0.336 e. The van der Waals surface area contributed by atoms with Crippen LogP contribution < -0.4 is 11.2 Å². The third kappa shape index (κ3) is 4.76. The number of carbonyl (C=O) groups is 1. The number of rotatable bonds is 7. The summed E-state index contributed by atoms with van der Waals surface area (Å²) in [7, 11) is 0. The third-order valence-corrected chi connectivity index (χ3v) is 4.81. The third-order valence-electron chi connectivity index (χ3n) is 3.05. The number of nitrogens with one attached hydrogen (secondary N) is 1. The zero-order chi connectivity index (χ0) is 16.8. The van der Waals surface area contributed by atoms with E-state index in [-0.39, 0.29) is 11.7 Å². The van der Waals surface area contributed by atoms with Gasteiger partial charge in [-0.1, -0.05) is 54.4 Å². The molecule has 2 aromatic rings. The van der Waals surface area contributed by atoms with Crippen molar-refractivity contribution in [2.24, 2.45) is 0 Å². The number of thioether (sulfide) groups is 1. The van der Waals surface area contributed by atoms with Gasteiger partial charge >= 0.3 is 0 Å². The molecule has 23 heavy (non-hydrogen) atoms. The van der Waals surface area contributed by atoms with E-state index in [1.165, 1.54) is 16.4 Å². The molecule has 6 nitrogen and oxygen atoms in total. The Morgan fingerprint density at radius 2 is 2.17 bits per heavy atom. The Bertz CT molecular complexity index is 692. The van der Waals surface area contributed by atoms with Crippen LogP contribution in [0, 0.1) is 0 Å². The Hall–Kier alpha value is -1.44. The highest BCUT2D eigenvalue weighted by molar-refractivity contribution is 7.99. The summed E-state index contributed by atoms with van der Waals surface area (Å²) in [5, 5.41) is 12.0. The number of halogens is 2. The number of hydrogen-bond donors (Lipinski definition) is 2. The smallest absolute Gasteiger partial charge is 0.234 e. The van der Waals surface area contributed by atoms with Crippen molar-refractivity contribution in [2.45, 2.75) is 31.3 Å². The number of carbonyl (C=O) groups excluding carboxylic acids is 1. The van der Waals surface area contributed by atoms with Gasteiger partial charge in [-0.3, -0.25) is 4.79 Å². The molecule has 0 radical (unpaired) electrons. The maximum absolute atomic E-state index is 12.0. The van der Waals surface area contributed by atoms with E-state index in [9.17, 15) is 4.79 Å². The fourth-order valence-electron chi connectivity index (χ4n) is 1.83. The molecule has 124 valence electrons. The SMILES string of the molecule is CCCCc1nnc(SCC(=O)Nc2cccc(Cl)c2Cl)n1N. The summed E-state index contributed by atoms with van der Waals surface area (Å²) < 4.78 is 1.43. The van der Waals surface area contributed by atoms with Crippen LogP contribution in [0.4, 0.5) is 5.69 Å². The standard InChI is InChI=1S/C14H17Cl2N5OS/c1-2-3-7-11-19-20-14(21(11)17)23-8-12(22)18-10-6-4-5-9(15)13(10)16/h4-6H,2-3,7-8,17H2,1H3,(H,18,22). The molecule has 2 rings (SSSR count). The van der Waals surface area contributed by atoms with Crippen molar-refractivity contribution in [3.05, 3.63) is 34.1 Å². The maximum Gasteiger partial charge on any atom is 0.234 e. The van der Waals surface area contributed by atoms with Crippen molar-refractivity contribution in [3.63, 3.8) is 0 Å². The molecule has 0 aliphatic heterocycles. The van der Waals surface area contributed by atoms with Gasteiger partial charge in [0.15, 0.2) is 5.82 Å². The Labute approximate surface area is 148 Å². The lowest BCUT2D eigenvalue weighted by Crippen LogP contribution is -2.17. The number of nitrogens with zero attached hydrogens (tertiary/aromatic N) is 3. The molecule has 0 bridgehead atoms. The fourth-order valence-corrected chi connectivity index (χ4v) is 2.85. The number of amides is 1. The van der Waals surface area contributed by atoms with E-state index in [4.69, 9.17) is 29.0 Å². The first-order chi connectivity index (χ1) is 11.0. The first kappa shape index (κ1) is 17.9. The predicted molar refractivity (Wildman–Crippen MR) is 94.6 cm³/mol. The maximum atomic E-state index is 12.0. The molecule has 1 amide bonds. The van der Waals surface area contributed by atoms with Crippen LogP contribution in [0.15, 0.2) is 23.4 Å². The molecule has 0 aliphatic carbocycles. The average Bonchev–Trinajstić information content (AvgIpc) is 2.88. The van der Waals surface area contributed by atoms with Gasteiger partial charge in [0.05, 0.1) is 21.5 Å². The summed E-state index contributed by atoms with van der Waals surface area (Å²) in [6.07, 6.45) is 2.82. The van der Waals surface area contributed by atoms with E-state index in [1.807, 2.05) is 0 Å². The summed E-state index contributed by atoms with van der Waals surface area (Å²) in [6.45, 7) is 2.10. The van der Waals surface area contributed by atoms with Crippen molar-refractivity contribution < 1.29 is 4.79 Å². The molecule has 0 aliphatic rings. The number of aromatic nitrogens is 3. The normalized spacial score (nSPS) is 10.7. The van der Waals surface area contributed by atoms with Crippen LogP contribution in [0.5, 0.6) is 0 Å². The van der Waals surface area contributed by atoms with Crippen LogP contribution in [0.1, 0.15) is 25.6 Å². The number of nitrogens with two attached hydrogens (primary N) is 1. The van der Waals surface area contributed by atoms with Gasteiger partial charge in [-0.05, 0) is 18.6 Å². The van der Waals surface area contributed by atoms with Crippen LogP contribution in [0.3, 0.4) is 0 Å². The molecule has 0 saturated carbocycles. The minimum absolute atomic E-state index is 0.145. The highest BCUT2D eigenvalue weighted by atomic mass is 35.5. The van der Waals surface area contributed by atoms with E-state index in [0.717, 1.165) is 19.3 Å². The van der Waals surface area contributed by atoms with Gasteiger partial charge < -0.3 is 11.2 Å². The average molecular weight is 374 g/mol. The van der Waals surface area contributed by atoms with E-state index in [1.54, 1.807) is 18.2 Å². The molecular formula is C14H17Cl2N5OS. The highest BCUT2D eigenvalue weighted by Crippen LogP contribution is 2.29. The number of aryl methyl sites for hydroxylation is 1. The van der Waals surface area contributed by atoms with Gasteiger partial charge in [0.25, 0.3) is 0 Å². The molecule has 0 fully saturated rings. The molecule has 9 heteroatoms. The number of unbranched alkanes of at least 4 members (excludes halogenated alkanes) is 1. The number of nitrogen functional groups attached to an aromatic ring is 1. The molecule has 1 aromatic carbocycles. The largest absolute Gasteiger partial charge is 0.336 e. The Kier molecular flexibility index (Phi) is 6.56. The molecule has 3 N–H and O–H groups in total. The number of hydrogen-bond acceptors (Lipinski definition) is 5. The lowest BCUT2D eigenvalue weighted by molar-refractivity contribution is -0.113. The lowest BCUT2D eigenvalue weighted by Gasteiger charge is -2.08. The summed E-state index contributed by atoms with van der Waals surface area (Å²) in [6, 6.07) is 5.06. The van der Waals surface area contributed by atoms with Gasteiger partial charge in [0.1, 0.15) is 0 Å². The van der Waals surface area contributed by atoms with Gasteiger partial charge in [-0.2, -0.15) is 0 Å². The zero-order valence-electron chi connectivity index (χ0n) is 12.6. The van der Waals surface area contributed by atoms with E-state index in [2.05, 4.69) is 22.4 Å². The molecule has 0 spiro atoms. The topological polar surface area (TPSA) is 85.8 Å². The van der Waals surface area contributed by atoms with Crippen LogP contribution in [0.2, 0.25) is 10.0 Å². The second kappa shape index (κ2) is 8.42. The minimum atomic E-state index is -0.225. The molecule has 0 unspecified atom stereocenters. The first-order valence-electron chi connectivity index (χ1n) is 7.09. The monoisotopic (exact) mass is 373 g/mol. The molecule has 1 aromatic heterocycles. The predicted octanol–water partition coefficient (Wildman–Crippen LogP) is 3.37. The number of benzene rings is 1. The molecule has 0 atom stereocenters. The quantitative estimate of drug-likeness (QED) is 0.573. The zero-order valence-corrected chi connectivity index (χ0v) is 14.9. The second-order valence-electron chi connectivity index (χ2n) is 4.81. The van der Waals surface area contributed by atoms with Crippen molar-refractivity contribution in [1.29, 1.82) is 0 Å². The highest BCUT2D eigenvalue weighted by Gasteiger charge is 2.13. The number of anilines is 1. The Morgan fingerprint density at radius 3 is 2.91 bits per heavy atom. The van der Waals surface area contributed by atoms with Crippen LogP contribution in [-0.4, -0.2) is 26.5 Å². The summed E-state index contributed by atoms with van der Waals surface area (Å²) >= 11 is 13.2. The summed E-state index contributed by atoms with van der Waals surface area (Å²) in [4.78, 5) is 12.0. The van der Waals surface area contributed by atoms with Gasteiger partial charge in [-0.25, -0.2) is 4.68 Å². The summed E-state index contributed by atoms with van der Waals surface area (Å²) in [5.41, 5.74) is 0.475. The molecule has 0 saturated heterocycles. The van der Waals surface area contributed by atoms with Crippen LogP contribution in [-0.2, 0) is 11.2 Å². The van der Waals surface area contributed by atoms with Gasteiger partial charge in [0, 0.05) is 6.42 Å². The van der Waals surface area contributed by atoms with E-state index in [0.29, 0.717) is 26.7 Å². The molecule has 1 heterocycles.